The summed E-state index contributed by atoms with van der Waals surface area (Å²) in [5.74, 6) is -1.17. The molecule has 0 fully saturated rings. The number of carbonyl (C=O) groups is 1. The molecule has 2 aromatic rings. The Bertz CT molecular complexity index is 694. The number of para-hydroxylation sites is 1. The van der Waals surface area contributed by atoms with Gasteiger partial charge < -0.3 is 4.74 Å². The molecule has 9 heteroatoms. The second kappa shape index (κ2) is 6.18. The molecule has 0 saturated carbocycles. The fourth-order valence-corrected chi connectivity index (χ4v) is 2.44. The van der Waals surface area contributed by atoms with E-state index in [1.54, 1.807) is 0 Å². The standard InChI is InChI=1S/C13H9Cl2F3N2O2/c1-2-22-12(21)9-11(13(16,17)18)20(6-19-9)10-7(14)4-3-5-8(10)15/h3-6H,2H2,1H3. The van der Waals surface area contributed by atoms with E-state index in [2.05, 4.69) is 9.72 Å². The summed E-state index contributed by atoms with van der Waals surface area (Å²) in [5.41, 5.74) is -2.24. The van der Waals surface area contributed by atoms with Gasteiger partial charge in [-0.2, -0.15) is 13.2 Å². The van der Waals surface area contributed by atoms with Crippen molar-refractivity contribution in [3.8, 4) is 5.69 Å². The highest BCUT2D eigenvalue weighted by Crippen LogP contribution is 2.37. The van der Waals surface area contributed by atoms with Crippen LogP contribution in [-0.4, -0.2) is 22.1 Å². The number of rotatable bonds is 3. The van der Waals surface area contributed by atoms with Gasteiger partial charge in [0.15, 0.2) is 11.4 Å². The zero-order chi connectivity index (χ0) is 16.5. The molecule has 118 valence electrons. The summed E-state index contributed by atoms with van der Waals surface area (Å²) < 4.78 is 45.2. The number of nitrogens with zero attached hydrogens (tertiary/aromatic N) is 2. The lowest BCUT2D eigenvalue weighted by Gasteiger charge is -2.14. The van der Waals surface area contributed by atoms with Crippen LogP contribution in [0.4, 0.5) is 13.2 Å². The molecule has 0 amide bonds. The molecule has 1 aromatic heterocycles. The second-order valence-corrected chi connectivity index (χ2v) is 4.91. The Kier molecular flexibility index (Phi) is 4.67. The van der Waals surface area contributed by atoms with Crippen LogP contribution in [0.2, 0.25) is 10.0 Å². The second-order valence-electron chi connectivity index (χ2n) is 4.10. The summed E-state index contributed by atoms with van der Waals surface area (Å²) in [6.07, 6.45) is -4.01. The predicted octanol–water partition coefficient (Wildman–Crippen LogP) is 4.37. The Morgan fingerprint density at radius 3 is 2.41 bits per heavy atom. The quantitative estimate of drug-likeness (QED) is 0.770. The van der Waals surface area contributed by atoms with E-state index in [0.29, 0.717) is 4.57 Å². The fourth-order valence-electron chi connectivity index (χ4n) is 1.86. The topological polar surface area (TPSA) is 44.1 Å². The van der Waals surface area contributed by atoms with Gasteiger partial charge >= 0.3 is 12.1 Å². The highest BCUT2D eigenvalue weighted by atomic mass is 35.5. The largest absolute Gasteiger partial charge is 0.461 e. The SMILES string of the molecule is CCOC(=O)c1ncn(-c2c(Cl)cccc2Cl)c1C(F)(F)F. The van der Waals surface area contributed by atoms with Crippen LogP contribution in [0.15, 0.2) is 24.5 Å². The van der Waals surface area contributed by atoms with Crippen molar-refractivity contribution in [3.05, 3.63) is 46.0 Å². The van der Waals surface area contributed by atoms with E-state index in [-0.39, 0.29) is 22.3 Å². The average molecular weight is 353 g/mol. The van der Waals surface area contributed by atoms with Gasteiger partial charge in [-0.1, -0.05) is 29.3 Å². The van der Waals surface area contributed by atoms with Gasteiger partial charge in [0, 0.05) is 0 Å². The Hall–Kier alpha value is -1.73. The average Bonchev–Trinajstić information content (AvgIpc) is 2.83. The molecule has 22 heavy (non-hydrogen) atoms. The van der Waals surface area contributed by atoms with Crippen LogP contribution in [0.3, 0.4) is 0 Å². The summed E-state index contributed by atoms with van der Waals surface area (Å²) in [7, 11) is 0. The molecule has 0 N–H and O–H groups in total. The Morgan fingerprint density at radius 1 is 1.32 bits per heavy atom. The van der Waals surface area contributed by atoms with Crippen LogP contribution >= 0.6 is 23.2 Å². The molecule has 0 aliphatic rings. The zero-order valence-electron chi connectivity index (χ0n) is 11.1. The van der Waals surface area contributed by atoms with Gasteiger partial charge in [-0.15, -0.1) is 0 Å². The number of hydrogen-bond donors (Lipinski definition) is 0. The molecule has 0 radical (unpaired) electrons. The number of carbonyl (C=O) groups excluding carboxylic acids is 1. The fraction of sp³-hybridized carbons (Fsp3) is 0.231. The van der Waals surface area contributed by atoms with Crippen LogP contribution in [0.25, 0.3) is 5.69 Å². The van der Waals surface area contributed by atoms with Crippen LogP contribution in [0, 0.1) is 0 Å². The Balaban J connectivity index is 2.71. The van der Waals surface area contributed by atoms with Gasteiger partial charge in [0.25, 0.3) is 0 Å². The number of benzene rings is 1. The van der Waals surface area contributed by atoms with Crippen molar-refractivity contribution in [2.24, 2.45) is 0 Å². The van der Waals surface area contributed by atoms with Crippen LogP contribution in [0.5, 0.6) is 0 Å². The summed E-state index contributed by atoms with van der Waals surface area (Å²) in [4.78, 5) is 15.2. The smallest absolute Gasteiger partial charge is 0.434 e. The minimum atomic E-state index is -4.85. The zero-order valence-corrected chi connectivity index (χ0v) is 12.6. The minimum Gasteiger partial charge on any atom is -0.461 e. The third-order valence-corrected chi connectivity index (χ3v) is 3.29. The van der Waals surface area contributed by atoms with Crippen LogP contribution in [0.1, 0.15) is 23.1 Å². The summed E-state index contributed by atoms with van der Waals surface area (Å²) in [6.45, 7) is 1.41. The number of aromatic nitrogens is 2. The summed E-state index contributed by atoms with van der Waals surface area (Å²) in [6, 6.07) is 4.25. The molecular weight excluding hydrogens is 344 g/mol. The maximum absolute atomic E-state index is 13.3. The molecule has 0 unspecified atom stereocenters. The molecular formula is C13H9Cl2F3N2O2. The Morgan fingerprint density at radius 2 is 1.91 bits per heavy atom. The van der Waals surface area contributed by atoms with Gasteiger partial charge in [-0.25, -0.2) is 9.78 Å². The van der Waals surface area contributed by atoms with Crippen molar-refractivity contribution in [1.29, 1.82) is 0 Å². The normalized spacial score (nSPS) is 11.5. The molecule has 0 aliphatic heterocycles. The van der Waals surface area contributed by atoms with E-state index < -0.39 is 23.5 Å². The molecule has 0 atom stereocenters. The van der Waals surface area contributed by atoms with Crippen LogP contribution < -0.4 is 0 Å². The van der Waals surface area contributed by atoms with E-state index in [1.807, 2.05) is 0 Å². The molecule has 0 saturated heterocycles. The predicted molar refractivity (Wildman–Crippen MR) is 74.5 cm³/mol. The first-order valence-electron chi connectivity index (χ1n) is 6.03. The number of hydrogen-bond acceptors (Lipinski definition) is 3. The van der Waals surface area contributed by atoms with Crippen molar-refractivity contribution in [2.75, 3.05) is 6.61 Å². The van der Waals surface area contributed by atoms with E-state index in [1.165, 1.54) is 25.1 Å². The highest BCUT2D eigenvalue weighted by Gasteiger charge is 2.41. The molecule has 1 aromatic carbocycles. The lowest BCUT2D eigenvalue weighted by Crippen LogP contribution is -2.18. The minimum absolute atomic E-state index is 0.00851. The maximum atomic E-state index is 13.3. The molecule has 4 nitrogen and oxygen atoms in total. The van der Waals surface area contributed by atoms with Crippen molar-refractivity contribution >= 4 is 29.2 Å². The first-order valence-corrected chi connectivity index (χ1v) is 6.79. The number of esters is 1. The van der Waals surface area contributed by atoms with Crippen LogP contribution in [-0.2, 0) is 10.9 Å². The van der Waals surface area contributed by atoms with Gasteiger partial charge in [0.05, 0.1) is 22.3 Å². The van der Waals surface area contributed by atoms with E-state index in [9.17, 15) is 18.0 Å². The lowest BCUT2D eigenvalue weighted by atomic mass is 10.2. The first kappa shape index (κ1) is 16.6. The van der Waals surface area contributed by atoms with E-state index in [0.717, 1.165) is 6.33 Å². The summed E-state index contributed by atoms with van der Waals surface area (Å²) in [5, 5.41) is -0.0170. The lowest BCUT2D eigenvalue weighted by molar-refractivity contribution is -0.142. The Labute approximate surface area is 133 Å². The van der Waals surface area contributed by atoms with Crippen molar-refractivity contribution in [1.82, 2.24) is 9.55 Å². The van der Waals surface area contributed by atoms with Crippen molar-refractivity contribution < 1.29 is 22.7 Å². The monoisotopic (exact) mass is 352 g/mol. The van der Waals surface area contributed by atoms with Crippen molar-refractivity contribution in [2.45, 2.75) is 13.1 Å². The molecule has 2 rings (SSSR count). The summed E-state index contributed by atoms with van der Waals surface area (Å²) >= 11 is 11.8. The number of ether oxygens (including phenoxy) is 1. The van der Waals surface area contributed by atoms with E-state index in [4.69, 9.17) is 23.2 Å². The van der Waals surface area contributed by atoms with Gasteiger partial charge in [-0.05, 0) is 19.1 Å². The maximum Gasteiger partial charge on any atom is 0.434 e. The number of imidazole rings is 1. The first-order chi connectivity index (χ1) is 10.3. The van der Waals surface area contributed by atoms with E-state index >= 15 is 0 Å². The molecule has 0 bridgehead atoms. The van der Waals surface area contributed by atoms with Gasteiger partial charge in [0.1, 0.15) is 6.33 Å². The van der Waals surface area contributed by atoms with Gasteiger partial charge in [0.2, 0.25) is 0 Å². The third kappa shape index (κ3) is 3.05. The highest BCUT2D eigenvalue weighted by molar-refractivity contribution is 6.37. The number of halogens is 5. The molecule has 0 aliphatic carbocycles. The number of alkyl halides is 3. The third-order valence-electron chi connectivity index (χ3n) is 2.68. The van der Waals surface area contributed by atoms with Crippen molar-refractivity contribution in [3.63, 3.8) is 0 Å². The molecule has 0 spiro atoms. The van der Waals surface area contributed by atoms with Gasteiger partial charge in [-0.3, -0.25) is 4.57 Å². The molecule has 1 heterocycles.